The lowest BCUT2D eigenvalue weighted by molar-refractivity contribution is -0.305. The molecule has 1 fully saturated rings. The number of rotatable bonds is 46. The van der Waals surface area contributed by atoms with Crippen LogP contribution in [0.4, 0.5) is 0 Å². The Kier molecular flexibility index (Phi) is 41.8. The van der Waals surface area contributed by atoms with E-state index < -0.39 is 67.4 Å². The molecule has 0 spiro atoms. The van der Waals surface area contributed by atoms with Crippen molar-refractivity contribution in [3.8, 4) is 0 Å². The van der Waals surface area contributed by atoms with Gasteiger partial charge >= 0.3 is 5.97 Å². The molecular formula is C55H103NO10. The summed E-state index contributed by atoms with van der Waals surface area (Å²) in [7, 11) is 0. The number of amides is 1. The van der Waals surface area contributed by atoms with Crippen molar-refractivity contribution in [2.24, 2.45) is 0 Å². The van der Waals surface area contributed by atoms with E-state index >= 15 is 0 Å². The van der Waals surface area contributed by atoms with Crippen molar-refractivity contribution < 1.29 is 49.3 Å². The van der Waals surface area contributed by atoms with Crippen LogP contribution in [0.1, 0.15) is 252 Å². The molecule has 1 aliphatic rings. The quantitative estimate of drug-likeness (QED) is 0.0196. The number of carbonyl (C=O) groups excluding carboxylic acids is 2. The van der Waals surface area contributed by atoms with Gasteiger partial charge in [-0.15, -0.1) is 0 Å². The van der Waals surface area contributed by atoms with Crippen LogP contribution in [-0.4, -0.2) is 99.6 Å². The Morgan fingerprint density at radius 1 is 0.576 bits per heavy atom. The Bertz CT molecular complexity index is 1170. The normalized spacial score (nSPS) is 20.3. The molecule has 0 radical (unpaired) electrons. The van der Waals surface area contributed by atoms with Crippen LogP contribution >= 0.6 is 0 Å². The first kappa shape index (κ1) is 62.2. The molecular weight excluding hydrogens is 835 g/mol. The van der Waals surface area contributed by atoms with E-state index in [4.69, 9.17) is 14.2 Å². The average Bonchev–Trinajstić information content (AvgIpc) is 3.31. The van der Waals surface area contributed by atoms with Gasteiger partial charge in [-0.2, -0.15) is 0 Å². The van der Waals surface area contributed by atoms with Gasteiger partial charge in [0.15, 0.2) is 12.4 Å². The topological polar surface area (TPSA) is 175 Å². The highest BCUT2D eigenvalue weighted by atomic mass is 16.7. The first-order chi connectivity index (χ1) is 32.2. The summed E-state index contributed by atoms with van der Waals surface area (Å²) in [5.41, 5.74) is 0. The largest absolute Gasteiger partial charge is 0.454 e. The molecule has 8 atom stereocenters. The van der Waals surface area contributed by atoms with E-state index in [1.807, 2.05) is 6.08 Å². The molecule has 0 saturated carbocycles. The number of nitrogens with one attached hydrogen (secondary N) is 1. The summed E-state index contributed by atoms with van der Waals surface area (Å²) >= 11 is 0. The number of esters is 1. The Morgan fingerprint density at radius 3 is 1.52 bits per heavy atom. The number of allylic oxidation sites excluding steroid dienone is 3. The number of aliphatic hydroxyl groups excluding tert-OH is 5. The van der Waals surface area contributed by atoms with Gasteiger partial charge < -0.3 is 45.1 Å². The summed E-state index contributed by atoms with van der Waals surface area (Å²) in [6.45, 7) is 5.73. The van der Waals surface area contributed by atoms with Gasteiger partial charge in [0.25, 0.3) is 0 Å². The second-order valence-corrected chi connectivity index (χ2v) is 19.3. The molecule has 1 saturated heterocycles. The summed E-state index contributed by atoms with van der Waals surface area (Å²) in [6.07, 6.45) is 38.0. The standard InChI is InChI=1S/C55H103NO10/c1-4-7-10-13-16-19-22-24-25-26-28-31-34-37-40-43-50(60)66-53-52(62)51(61)49(44-57)65-55(53)64-45-46(47(58)41-38-35-32-30-27-23-20-17-14-11-8-5-2)56-54(63)48(59)42-39-36-33-29-21-18-15-12-9-6-3/h15,18,38,41,46-49,51-53,55,57-59,61-62H,4-14,16-17,19-37,39-40,42-45H2,1-3H3,(H,56,63)/b18-15-,41-38+. The average molecular weight is 938 g/mol. The zero-order valence-corrected chi connectivity index (χ0v) is 42.6. The van der Waals surface area contributed by atoms with Crippen LogP contribution in [0.2, 0.25) is 0 Å². The van der Waals surface area contributed by atoms with Crippen molar-refractivity contribution in [3.63, 3.8) is 0 Å². The molecule has 388 valence electrons. The lowest BCUT2D eigenvalue weighted by Gasteiger charge is -2.41. The minimum Gasteiger partial charge on any atom is -0.454 e. The van der Waals surface area contributed by atoms with Gasteiger partial charge in [-0.25, -0.2) is 0 Å². The molecule has 11 heteroatoms. The molecule has 6 N–H and O–H groups in total. The predicted octanol–water partition coefficient (Wildman–Crippen LogP) is 11.8. The van der Waals surface area contributed by atoms with Crippen LogP contribution in [-0.2, 0) is 23.8 Å². The minimum absolute atomic E-state index is 0.128. The maximum absolute atomic E-state index is 13.3. The van der Waals surface area contributed by atoms with Crippen molar-refractivity contribution >= 4 is 11.9 Å². The van der Waals surface area contributed by atoms with E-state index in [1.54, 1.807) is 6.08 Å². The molecule has 0 aromatic rings. The third-order valence-electron chi connectivity index (χ3n) is 13.1. The zero-order chi connectivity index (χ0) is 48.3. The van der Waals surface area contributed by atoms with Gasteiger partial charge in [-0.3, -0.25) is 9.59 Å². The smallest absolute Gasteiger partial charge is 0.306 e. The molecule has 0 aromatic carbocycles. The molecule has 66 heavy (non-hydrogen) atoms. The molecule has 1 amide bonds. The van der Waals surface area contributed by atoms with Gasteiger partial charge in [0, 0.05) is 6.42 Å². The molecule has 8 unspecified atom stereocenters. The second-order valence-electron chi connectivity index (χ2n) is 19.3. The van der Waals surface area contributed by atoms with Crippen LogP contribution in [0.3, 0.4) is 0 Å². The SMILES string of the molecule is CCCC/C=C\CCCCCCC(O)C(=O)NC(COC1OC(CO)C(O)C(O)C1OC(=O)CCCCCCCCCCCCCCCCC)C(O)/C=C/CCCCCCCCCCCC. The summed E-state index contributed by atoms with van der Waals surface area (Å²) in [4.78, 5) is 26.3. The Labute approximate surface area is 403 Å². The summed E-state index contributed by atoms with van der Waals surface area (Å²) in [6, 6.07) is -1.02. The number of ether oxygens (including phenoxy) is 3. The van der Waals surface area contributed by atoms with Gasteiger partial charge in [-0.05, 0) is 44.9 Å². The molecule has 1 heterocycles. The summed E-state index contributed by atoms with van der Waals surface area (Å²) in [5.74, 6) is -1.20. The fourth-order valence-electron chi connectivity index (χ4n) is 8.63. The van der Waals surface area contributed by atoms with Crippen LogP contribution in [0, 0.1) is 0 Å². The second kappa shape index (κ2) is 44.4. The number of aliphatic hydroxyl groups is 5. The molecule has 0 aromatic heterocycles. The van der Waals surface area contributed by atoms with Crippen molar-refractivity contribution in [2.45, 2.75) is 301 Å². The Hall–Kier alpha value is -1.86. The third-order valence-corrected chi connectivity index (χ3v) is 13.1. The molecule has 11 nitrogen and oxygen atoms in total. The zero-order valence-electron chi connectivity index (χ0n) is 42.6. The Balaban J connectivity index is 2.74. The first-order valence-electron chi connectivity index (χ1n) is 27.6. The van der Waals surface area contributed by atoms with Crippen LogP contribution < -0.4 is 5.32 Å². The number of unbranched alkanes of at least 4 members (excludes halogenated alkanes) is 30. The first-order valence-corrected chi connectivity index (χ1v) is 27.6. The van der Waals surface area contributed by atoms with Crippen LogP contribution in [0.5, 0.6) is 0 Å². The monoisotopic (exact) mass is 938 g/mol. The van der Waals surface area contributed by atoms with E-state index in [0.29, 0.717) is 12.8 Å². The predicted molar refractivity (Wildman–Crippen MR) is 269 cm³/mol. The van der Waals surface area contributed by atoms with E-state index in [1.165, 1.54) is 135 Å². The van der Waals surface area contributed by atoms with E-state index in [0.717, 1.165) is 70.6 Å². The molecule has 1 rings (SSSR count). The molecule has 1 aliphatic heterocycles. The third kappa shape index (κ3) is 32.8. The lowest BCUT2D eigenvalue weighted by atomic mass is 9.99. The fourth-order valence-corrected chi connectivity index (χ4v) is 8.63. The van der Waals surface area contributed by atoms with Gasteiger partial charge in [0.1, 0.15) is 24.4 Å². The highest BCUT2D eigenvalue weighted by Crippen LogP contribution is 2.26. The summed E-state index contributed by atoms with van der Waals surface area (Å²) in [5, 5.41) is 56.6. The summed E-state index contributed by atoms with van der Waals surface area (Å²) < 4.78 is 17.5. The molecule has 0 aliphatic carbocycles. The highest BCUT2D eigenvalue weighted by molar-refractivity contribution is 5.80. The number of carbonyl (C=O) groups is 2. The lowest BCUT2D eigenvalue weighted by Crippen LogP contribution is -2.61. The van der Waals surface area contributed by atoms with E-state index in [9.17, 15) is 35.1 Å². The van der Waals surface area contributed by atoms with Crippen molar-refractivity contribution in [1.29, 1.82) is 0 Å². The van der Waals surface area contributed by atoms with Crippen molar-refractivity contribution in [1.82, 2.24) is 5.32 Å². The number of hydrogen-bond acceptors (Lipinski definition) is 10. The van der Waals surface area contributed by atoms with Gasteiger partial charge in [-0.1, -0.05) is 225 Å². The Morgan fingerprint density at radius 2 is 1.02 bits per heavy atom. The number of hydrogen-bond donors (Lipinski definition) is 6. The van der Waals surface area contributed by atoms with E-state index in [2.05, 4.69) is 38.2 Å². The van der Waals surface area contributed by atoms with E-state index in [-0.39, 0.29) is 19.4 Å². The van der Waals surface area contributed by atoms with Crippen molar-refractivity contribution in [2.75, 3.05) is 13.2 Å². The van der Waals surface area contributed by atoms with Crippen molar-refractivity contribution in [3.05, 3.63) is 24.3 Å². The highest BCUT2D eigenvalue weighted by Gasteiger charge is 2.47. The van der Waals surface area contributed by atoms with Gasteiger partial charge in [0.05, 0.1) is 25.4 Å². The maximum Gasteiger partial charge on any atom is 0.306 e. The van der Waals surface area contributed by atoms with Gasteiger partial charge in [0.2, 0.25) is 5.91 Å². The minimum atomic E-state index is -1.61. The fraction of sp³-hybridized carbons (Fsp3) is 0.891. The van der Waals surface area contributed by atoms with Crippen LogP contribution in [0.15, 0.2) is 24.3 Å². The van der Waals surface area contributed by atoms with Crippen LogP contribution in [0.25, 0.3) is 0 Å². The maximum atomic E-state index is 13.3. The molecule has 0 bridgehead atoms.